The first-order valence-corrected chi connectivity index (χ1v) is 8.53. The van der Waals surface area contributed by atoms with Crippen molar-refractivity contribution in [3.8, 4) is 0 Å². The van der Waals surface area contributed by atoms with Crippen LogP contribution >= 0.6 is 0 Å². The van der Waals surface area contributed by atoms with E-state index in [2.05, 4.69) is 15.0 Å². The molecule has 1 heterocycles. The molecule has 3 rings (SSSR count). The Morgan fingerprint density at radius 3 is 2.52 bits per heavy atom. The molecular weight excluding hydrogens is 314 g/mol. The van der Waals surface area contributed by atoms with Crippen molar-refractivity contribution in [2.24, 2.45) is 4.40 Å². The van der Waals surface area contributed by atoms with Gasteiger partial charge in [0.2, 0.25) is 5.91 Å². The Morgan fingerprint density at radius 1 is 1.04 bits per heavy atom. The van der Waals surface area contributed by atoms with Crippen LogP contribution in [0, 0.1) is 0 Å². The molecule has 1 aliphatic rings. The van der Waals surface area contributed by atoms with Gasteiger partial charge in [0.25, 0.3) is 10.0 Å². The SMILES string of the molecule is O=C(CCC1=NS(=O)(=O)c2ccccc2N1)Nc1ccccc1. The van der Waals surface area contributed by atoms with E-state index in [1.165, 1.54) is 6.07 Å². The molecule has 7 heteroatoms. The van der Waals surface area contributed by atoms with Gasteiger partial charge in [-0.1, -0.05) is 30.3 Å². The molecule has 118 valence electrons. The fourth-order valence-corrected chi connectivity index (χ4v) is 3.43. The van der Waals surface area contributed by atoms with Crippen LogP contribution in [0.1, 0.15) is 12.8 Å². The Labute approximate surface area is 134 Å². The van der Waals surface area contributed by atoms with Gasteiger partial charge >= 0.3 is 0 Å². The highest BCUT2D eigenvalue weighted by Gasteiger charge is 2.24. The molecule has 0 bridgehead atoms. The summed E-state index contributed by atoms with van der Waals surface area (Å²) >= 11 is 0. The third-order valence-electron chi connectivity index (χ3n) is 3.32. The van der Waals surface area contributed by atoms with Crippen molar-refractivity contribution in [2.45, 2.75) is 17.7 Å². The molecule has 2 aromatic carbocycles. The first kappa shape index (κ1) is 15.2. The molecule has 23 heavy (non-hydrogen) atoms. The average Bonchev–Trinajstić information content (AvgIpc) is 2.53. The van der Waals surface area contributed by atoms with Gasteiger partial charge in [-0.05, 0) is 24.3 Å². The van der Waals surface area contributed by atoms with Gasteiger partial charge in [-0.2, -0.15) is 8.42 Å². The first-order valence-electron chi connectivity index (χ1n) is 7.09. The topological polar surface area (TPSA) is 87.6 Å². The zero-order valence-corrected chi connectivity index (χ0v) is 13.0. The maximum absolute atomic E-state index is 12.1. The second-order valence-electron chi connectivity index (χ2n) is 5.05. The molecular formula is C16H15N3O3S. The lowest BCUT2D eigenvalue weighted by molar-refractivity contribution is -0.116. The molecule has 0 radical (unpaired) electrons. The Balaban J connectivity index is 1.66. The van der Waals surface area contributed by atoms with Crippen LogP contribution in [0.15, 0.2) is 63.9 Å². The van der Waals surface area contributed by atoms with Crippen molar-refractivity contribution in [2.75, 3.05) is 10.6 Å². The van der Waals surface area contributed by atoms with Crippen molar-refractivity contribution in [3.05, 3.63) is 54.6 Å². The van der Waals surface area contributed by atoms with Crippen LogP contribution < -0.4 is 10.6 Å². The normalized spacial score (nSPS) is 15.0. The molecule has 2 N–H and O–H groups in total. The smallest absolute Gasteiger partial charge is 0.286 e. The summed E-state index contributed by atoms with van der Waals surface area (Å²) in [5, 5.41) is 5.71. The summed E-state index contributed by atoms with van der Waals surface area (Å²) in [5.74, 6) is 0.0730. The summed E-state index contributed by atoms with van der Waals surface area (Å²) in [6.45, 7) is 0. The van der Waals surface area contributed by atoms with Crippen molar-refractivity contribution in [1.82, 2.24) is 0 Å². The number of anilines is 2. The standard InChI is InChI=1S/C16H15N3O3S/c20-16(17-12-6-2-1-3-7-12)11-10-15-18-13-8-4-5-9-14(13)23(21,22)19-15/h1-9H,10-11H2,(H,17,20)(H,18,19). The van der Waals surface area contributed by atoms with Gasteiger partial charge in [-0.15, -0.1) is 4.40 Å². The van der Waals surface area contributed by atoms with E-state index >= 15 is 0 Å². The lowest BCUT2D eigenvalue weighted by Crippen LogP contribution is -2.23. The van der Waals surface area contributed by atoms with E-state index in [1.54, 1.807) is 30.3 Å². The van der Waals surface area contributed by atoms with E-state index in [1.807, 2.05) is 18.2 Å². The largest absolute Gasteiger partial charge is 0.342 e. The molecule has 0 saturated heterocycles. The predicted octanol–water partition coefficient (Wildman–Crippen LogP) is 2.62. The highest BCUT2D eigenvalue weighted by atomic mass is 32.2. The maximum Gasteiger partial charge on any atom is 0.286 e. The van der Waals surface area contributed by atoms with Crippen molar-refractivity contribution in [1.29, 1.82) is 0 Å². The lowest BCUT2D eigenvalue weighted by atomic mass is 10.2. The van der Waals surface area contributed by atoms with Gasteiger partial charge in [0.15, 0.2) is 0 Å². The maximum atomic E-state index is 12.1. The first-order chi connectivity index (χ1) is 11.0. The van der Waals surface area contributed by atoms with Crippen LogP contribution in [0.5, 0.6) is 0 Å². The number of fused-ring (bicyclic) bond motifs is 1. The second kappa shape index (κ2) is 6.21. The van der Waals surface area contributed by atoms with Crippen LogP contribution in [0.4, 0.5) is 11.4 Å². The molecule has 0 fully saturated rings. The summed E-state index contributed by atoms with van der Waals surface area (Å²) in [6.07, 6.45) is 0.352. The van der Waals surface area contributed by atoms with Crippen LogP contribution in [0.3, 0.4) is 0 Å². The minimum atomic E-state index is -3.70. The van der Waals surface area contributed by atoms with Gasteiger partial charge in [-0.3, -0.25) is 4.79 Å². The van der Waals surface area contributed by atoms with Gasteiger partial charge < -0.3 is 10.6 Å². The van der Waals surface area contributed by atoms with E-state index in [4.69, 9.17) is 0 Å². The summed E-state index contributed by atoms with van der Waals surface area (Å²) in [6, 6.07) is 15.6. The zero-order valence-electron chi connectivity index (χ0n) is 12.2. The van der Waals surface area contributed by atoms with Gasteiger partial charge in [0.1, 0.15) is 10.7 Å². The highest BCUT2D eigenvalue weighted by molar-refractivity contribution is 7.90. The van der Waals surface area contributed by atoms with Crippen LogP contribution in [0.25, 0.3) is 0 Å². The number of amides is 1. The number of rotatable bonds is 4. The molecule has 1 amide bonds. The number of sulfonamides is 1. The number of benzene rings is 2. The summed E-state index contributed by atoms with van der Waals surface area (Å²) in [4.78, 5) is 12.1. The number of hydrogen-bond acceptors (Lipinski definition) is 4. The van der Waals surface area contributed by atoms with Crippen molar-refractivity contribution >= 4 is 33.1 Å². The zero-order chi connectivity index (χ0) is 16.3. The number of nitrogens with one attached hydrogen (secondary N) is 2. The summed E-state index contributed by atoms with van der Waals surface area (Å²) < 4.78 is 27.9. The molecule has 0 unspecified atom stereocenters. The average molecular weight is 329 g/mol. The van der Waals surface area contributed by atoms with Crippen LogP contribution in [0.2, 0.25) is 0 Å². The molecule has 1 aliphatic heterocycles. The van der Waals surface area contributed by atoms with E-state index in [0.717, 1.165) is 0 Å². The molecule has 0 aromatic heterocycles. The molecule has 0 saturated carbocycles. The molecule has 6 nitrogen and oxygen atoms in total. The molecule has 0 spiro atoms. The highest BCUT2D eigenvalue weighted by Crippen LogP contribution is 2.27. The Hall–Kier alpha value is -2.67. The third-order valence-corrected chi connectivity index (χ3v) is 4.69. The lowest BCUT2D eigenvalue weighted by Gasteiger charge is -2.17. The van der Waals surface area contributed by atoms with Gasteiger partial charge in [0, 0.05) is 18.5 Å². The fourth-order valence-electron chi connectivity index (χ4n) is 2.25. The number of carbonyl (C=O) groups is 1. The fraction of sp³-hybridized carbons (Fsp3) is 0.125. The number of para-hydroxylation sites is 2. The van der Waals surface area contributed by atoms with E-state index in [9.17, 15) is 13.2 Å². The monoisotopic (exact) mass is 329 g/mol. The Morgan fingerprint density at radius 2 is 1.74 bits per heavy atom. The third kappa shape index (κ3) is 3.57. The van der Waals surface area contributed by atoms with E-state index in [-0.39, 0.29) is 29.5 Å². The Kier molecular flexibility index (Phi) is 4.12. The predicted molar refractivity (Wildman–Crippen MR) is 89.0 cm³/mol. The number of hydrogen-bond donors (Lipinski definition) is 2. The van der Waals surface area contributed by atoms with Crippen LogP contribution in [-0.4, -0.2) is 20.2 Å². The van der Waals surface area contributed by atoms with Crippen molar-refractivity contribution in [3.63, 3.8) is 0 Å². The number of carbonyl (C=O) groups excluding carboxylic acids is 1. The summed E-state index contributed by atoms with van der Waals surface area (Å²) in [5.41, 5.74) is 1.19. The second-order valence-corrected chi connectivity index (χ2v) is 6.62. The quantitative estimate of drug-likeness (QED) is 0.902. The minimum absolute atomic E-state index is 0.137. The molecule has 0 atom stereocenters. The van der Waals surface area contributed by atoms with Gasteiger partial charge in [0.05, 0.1) is 5.69 Å². The number of nitrogens with zero attached hydrogens (tertiary/aromatic N) is 1. The van der Waals surface area contributed by atoms with Crippen LogP contribution in [-0.2, 0) is 14.8 Å². The van der Waals surface area contributed by atoms with Crippen molar-refractivity contribution < 1.29 is 13.2 Å². The van der Waals surface area contributed by atoms with E-state index in [0.29, 0.717) is 11.4 Å². The number of amidine groups is 1. The minimum Gasteiger partial charge on any atom is -0.342 e. The Bertz CT molecular complexity index is 861. The van der Waals surface area contributed by atoms with E-state index < -0.39 is 10.0 Å². The molecule has 0 aliphatic carbocycles. The molecule has 2 aromatic rings. The summed E-state index contributed by atoms with van der Waals surface area (Å²) in [7, 11) is -3.70. The van der Waals surface area contributed by atoms with Gasteiger partial charge in [-0.25, -0.2) is 0 Å².